The molecule has 1 aromatic heterocycles. The van der Waals surface area contributed by atoms with E-state index in [9.17, 15) is 18.4 Å². The van der Waals surface area contributed by atoms with Crippen LogP contribution in [0.4, 0.5) is 8.78 Å². The van der Waals surface area contributed by atoms with E-state index >= 15 is 0 Å². The predicted molar refractivity (Wildman–Crippen MR) is 69.7 cm³/mol. The SMILES string of the molecule is NC(=O)c1ccncc1.O.O=C(O)c1cc(F)cc(F)c1. The Kier molecular flexibility index (Phi) is 7.19. The molecule has 0 saturated heterocycles. The van der Waals surface area contributed by atoms with Crippen LogP contribution in [0.5, 0.6) is 0 Å². The summed E-state index contributed by atoms with van der Waals surface area (Å²) >= 11 is 0. The van der Waals surface area contributed by atoms with Crippen LogP contribution in [0.25, 0.3) is 0 Å². The van der Waals surface area contributed by atoms with Crippen LogP contribution in [0.15, 0.2) is 42.7 Å². The van der Waals surface area contributed by atoms with Crippen molar-refractivity contribution < 1.29 is 29.0 Å². The average Bonchev–Trinajstić information content (AvgIpc) is 2.39. The number of nitrogens with zero attached hydrogens (tertiary/aromatic N) is 1. The van der Waals surface area contributed by atoms with Crippen molar-refractivity contribution in [3.8, 4) is 0 Å². The number of aromatic carboxylic acids is 1. The van der Waals surface area contributed by atoms with Gasteiger partial charge in [-0.25, -0.2) is 13.6 Å². The molecule has 1 heterocycles. The van der Waals surface area contributed by atoms with E-state index in [0.717, 1.165) is 12.1 Å². The molecule has 1 amide bonds. The third-order valence-electron chi connectivity index (χ3n) is 2.07. The molecule has 8 heteroatoms. The van der Waals surface area contributed by atoms with Gasteiger partial charge in [0.05, 0.1) is 5.56 Å². The van der Waals surface area contributed by atoms with Gasteiger partial charge >= 0.3 is 5.97 Å². The highest BCUT2D eigenvalue weighted by atomic mass is 19.1. The number of carbonyl (C=O) groups excluding carboxylic acids is 1. The van der Waals surface area contributed by atoms with E-state index < -0.39 is 23.5 Å². The highest BCUT2D eigenvalue weighted by Gasteiger charge is 2.05. The van der Waals surface area contributed by atoms with E-state index in [1.807, 2.05) is 0 Å². The van der Waals surface area contributed by atoms with Crippen molar-refractivity contribution in [2.45, 2.75) is 0 Å². The zero-order valence-corrected chi connectivity index (χ0v) is 10.6. The number of carboxylic acids is 1. The van der Waals surface area contributed by atoms with Gasteiger partial charge in [0.1, 0.15) is 11.6 Å². The number of carbonyl (C=O) groups is 2. The van der Waals surface area contributed by atoms with Crippen LogP contribution >= 0.6 is 0 Å². The van der Waals surface area contributed by atoms with Gasteiger partial charge in [-0.15, -0.1) is 0 Å². The maximum atomic E-state index is 12.3. The fraction of sp³-hybridized carbons (Fsp3) is 0. The number of pyridine rings is 1. The van der Waals surface area contributed by atoms with Crippen LogP contribution in [-0.4, -0.2) is 27.4 Å². The van der Waals surface area contributed by atoms with E-state index in [-0.39, 0.29) is 11.0 Å². The molecule has 112 valence electrons. The second kappa shape index (κ2) is 8.33. The molecule has 0 atom stereocenters. The lowest BCUT2D eigenvalue weighted by Gasteiger charge is -1.93. The maximum Gasteiger partial charge on any atom is 0.335 e. The standard InChI is InChI=1S/C7H4F2O2.C6H6N2O.H2O/c8-5-1-4(7(10)11)2-6(9)3-5;7-6(9)5-1-3-8-4-2-5;/h1-3H,(H,10,11);1-4H,(H2,7,9);1H2. The Balaban J connectivity index is 0.000000370. The molecule has 0 aliphatic heterocycles. The Morgan fingerprint density at radius 2 is 1.48 bits per heavy atom. The van der Waals surface area contributed by atoms with Crippen LogP contribution in [0.3, 0.4) is 0 Å². The van der Waals surface area contributed by atoms with Crippen molar-refractivity contribution in [1.29, 1.82) is 0 Å². The molecular weight excluding hydrogens is 286 g/mol. The van der Waals surface area contributed by atoms with Gasteiger partial charge in [-0.1, -0.05) is 0 Å². The number of benzene rings is 1. The summed E-state index contributed by atoms with van der Waals surface area (Å²) in [7, 11) is 0. The Morgan fingerprint density at radius 1 is 1.00 bits per heavy atom. The van der Waals surface area contributed by atoms with Crippen molar-refractivity contribution in [3.05, 3.63) is 65.5 Å². The van der Waals surface area contributed by atoms with Crippen molar-refractivity contribution in [1.82, 2.24) is 4.98 Å². The molecule has 2 rings (SSSR count). The Morgan fingerprint density at radius 3 is 1.81 bits per heavy atom. The number of aromatic nitrogens is 1. The first kappa shape index (κ1) is 18.1. The monoisotopic (exact) mass is 298 g/mol. The first-order chi connectivity index (χ1) is 9.40. The Hall–Kier alpha value is -2.87. The molecule has 21 heavy (non-hydrogen) atoms. The smallest absolute Gasteiger partial charge is 0.335 e. The van der Waals surface area contributed by atoms with E-state index in [1.165, 1.54) is 12.4 Å². The van der Waals surface area contributed by atoms with Gasteiger partial charge in [-0.05, 0) is 24.3 Å². The van der Waals surface area contributed by atoms with Gasteiger partial charge in [0.15, 0.2) is 0 Å². The summed E-state index contributed by atoms with van der Waals surface area (Å²) in [6.45, 7) is 0. The minimum absolute atomic E-state index is 0. The van der Waals surface area contributed by atoms with Crippen LogP contribution in [0.1, 0.15) is 20.7 Å². The molecule has 5 N–H and O–H groups in total. The number of rotatable bonds is 2. The predicted octanol–water partition coefficient (Wildman–Crippen LogP) is 1.02. The summed E-state index contributed by atoms with van der Waals surface area (Å²) < 4.78 is 24.6. The van der Waals surface area contributed by atoms with Gasteiger partial charge in [0.2, 0.25) is 5.91 Å². The summed E-state index contributed by atoms with van der Waals surface area (Å²) in [4.78, 5) is 24.3. The number of primary amides is 1. The average molecular weight is 298 g/mol. The number of hydrogen-bond donors (Lipinski definition) is 2. The Labute approximate surface area is 118 Å². The molecule has 0 spiro atoms. The van der Waals surface area contributed by atoms with Crippen molar-refractivity contribution >= 4 is 11.9 Å². The number of amides is 1. The number of nitrogens with two attached hydrogens (primary N) is 1. The van der Waals surface area contributed by atoms with Crippen molar-refractivity contribution in [3.63, 3.8) is 0 Å². The quantitative estimate of drug-likeness (QED) is 0.858. The number of halogens is 2. The highest BCUT2D eigenvalue weighted by Crippen LogP contribution is 2.07. The lowest BCUT2D eigenvalue weighted by Crippen LogP contribution is -2.10. The molecule has 6 nitrogen and oxygen atoms in total. The van der Waals surface area contributed by atoms with E-state index in [1.54, 1.807) is 12.1 Å². The highest BCUT2D eigenvalue weighted by molar-refractivity contribution is 5.92. The molecule has 0 aliphatic rings. The first-order valence-electron chi connectivity index (χ1n) is 5.29. The largest absolute Gasteiger partial charge is 0.478 e. The lowest BCUT2D eigenvalue weighted by molar-refractivity contribution is 0.0695. The maximum absolute atomic E-state index is 12.3. The van der Waals surface area contributed by atoms with Crippen LogP contribution in [-0.2, 0) is 0 Å². The van der Waals surface area contributed by atoms with Crippen LogP contribution < -0.4 is 5.73 Å². The summed E-state index contributed by atoms with van der Waals surface area (Å²) in [6.07, 6.45) is 3.06. The summed E-state index contributed by atoms with van der Waals surface area (Å²) in [5.41, 5.74) is 5.05. The van der Waals surface area contributed by atoms with Crippen LogP contribution in [0, 0.1) is 11.6 Å². The summed E-state index contributed by atoms with van der Waals surface area (Å²) in [6, 6.07) is 5.27. The number of hydrogen-bond acceptors (Lipinski definition) is 3. The topological polar surface area (TPSA) is 125 Å². The van der Waals surface area contributed by atoms with Gasteiger partial charge in [0, 0.05) is 24.0 Å². The van der Waals surface area contributed by atoms with E-state index in [2.05, 4.69) is 4.98 Å². The normalized spacial score (nSPS) is 8.86. The molecule has 1 aromatic carbocycles. The Bertz CT molecular complexity index is 601. The molecule has 0 fully saturated rings. The zero-order chi connectivity index (χ0) is 15.1. The third kappa shape index (κ3) is 6.21. The third-order valence-corrected chi connectivity index (χ3v) is 2.07. The molecule has 0 saturated carbocycles. The van der Waals surface area contributed by atoms with E-state index in [0.29, 0.717) is 11.6 Å². The van der Waals surface area contributed by atoms with E-state index in [4.69, 9.17) is 10.8 Å². The molecule has 2 aromatic rings. The van der Waals surface area contributed by atoms with Gasteiger partial charge in [-0.2, -0.15) is 0 Å². The molecule has 0 aliphatic carbocycles. The van der Waals surface area contributed by atoms with Crippen molar-refractivity contribution in [2.24, 2.45) is 5.73 Å². The second-order valence-electron chi connectivity index (χ2n) is 3.56. The van der Waals surface area contributed by atoms with Crippen LogP contribution in [0.2, 0.25) is 0 Å². The van der Waals surface area contributed by atoms with Gasteiger partial charge < -0.3 is 16.3 Å². The molecule has 0 bridgehead atoms. The molecular formula is C13H12F2N2O4. The lowest BCUT2D eigenvalue weighted by atomic mass is 10.2. The fourth-order valence-corrected chi connectivity index (χ4v) is 1.19. The minimum atomic E-state index is -1.34. The zero-order valence-electron chi connectivity index (χ0n) is 10.6. The first-order valence-corrected chi connectivity index (χ1v) is 5.29. The fourth-order valence-electron chi connectivity index (χ4n) is 1.19. The molecule has 0 radical (unpaired) electrons. The number of carboxylic acid groups (broad SMARTS) is 1. The second-order valence-corrected chi connectivity index (χ2v) is 3.56. The molecule has 0 unspecified atom stereocenters. The van der Waals surface area contributed by atoms with Gasteiger partial charge in [0.25, 0.3) is 0 Å². The minimum Gasteiger partial charge on any atom is -0.478 e. The van der Waals surface area contributed by atoms with Crippen molar-refractivity contribution in [2.75, 3.05) is 0 Å². The summed E-state index contributed by atoms with van der Waals surface area (Å²) in [5.74, 6) is -3.54. The van der Waals surface area contributed by atoms with Gasteiger partial charge in [-0.3, -0.25) is 9.78 Å². The summed E-state index contributed by atoms with van der Waals surface area (Å²) in [5, 5.41) is 8.30.